The number of hydrogen-bond donors (Lipinski definition) is 1. The largest absolute Gasteiger partial charge is 0.384 e. The molecule has 0 bridgehead atoms. The van der Waals surface area contributed by atoms with E-state index in [0.29, 0.717) is 0 Å². The topological polar surface area (TPSA) is 29.1 Å². The molecular formula is C17H14F11NO. The molecule has 2 nitrogen and oxygen atoms in total. The fourth-order valence-electron chi connectivity index (χ4n) is 3.05. The Morgan fingerprint density at radius 1 is 0.767 bits per heavy atom. The van der Waals surface area contributed by atoms with E-state index in [0.717, 1.165) is 0 Å². The molecule has 1 aromatic carbocycles. The summed E-state index contributed by atoms with van der Waals surface area (Å²) in [4.78, 5) is 12.1. The number of halogens is 11. The molecule has 1 saturated carbocycles. The van der Waals surface area contributed by atoms with Gasteiger partial charge in [-0.1, -0.05) is 32.0 Å². The molecule has 1 amide bonds. The molecule has 0 aromatic heterocycles. The van der Waals surface area contributed by atoms with E-state index >= 15 is 0 Å². The number of rotatable bonds is 3. The number of alkyl halides is 11. The fraction of sp³-hybridized carbons (Fsp3) is 0.588. The van der Waals surface area contributed by atoms with Crippen LogP contribution in [0.5, 0.6) is 0 Å². The van der Waals surface area contributed by atoms with Crippen molar-refractivity contribution in [3.63, 3.8) is 0 Å². The summed E-state index contributed by atoms with van der Waals surface area (Å²) in [6.45, 7) is 4.10. The van der Waals surface area contributed by atoms with E-state index in [1.54, 1.807) is 0 Å². The lowest BCUT2D eigenvalue weighted by Gasteiger charge is -2.51. The molecule has 0 radical (unpaired) electrons. The van der Waals surface area contributed by atoms with E-state index in [9.17, 15) is 53.1 Å². The minimum absolute atomic E-state index is 0.0262. The zero-order valence-electron chi connectivity index (χ0n) is 15.4. The van der Waals surface area contributed by atoms with Crippen molar-refractivity contribution < 1.29 is 53.1 Å². The Kier molecular flexibility index (Phi) is 5.21. The number of hydrogen-bond acceptors (Lipinski definition) is 1. The van der Waals surface area contributed by atoms with Crippen LogP contribution in [0.4, 0.5) is 54.0 Å². The summed E-state index contributed by atoms with van der Waals surface area (Å²) in [5, 5.41) is 1.20. The van der Waals surface area contributed by atoms with Gasteiger partial charge in [-0.05, 0) is 24.0 Å². The van der Waals surface area contributed by atoms with Crippen molar-refractivity contribution in [1.82, 2.24) is 0 Å². The second-order valence-corrected chi connectivity index (χ2v) is 7.18. The third-order valence-corrected chi connectivity index (χ3v) is 4.92. The van der Waals surface area contributed by atoms with Crippen LogP contribution in [0, 0.1) is 6.92 Å². The van der Waals surface area contributed by atoms with Gasteiger partial charge in [-0.2, -0.15) is 43.9 Å². The van der Waals surface area contributed by atoms with Crippen LogP contribution >= 0.6 is 0 Å². The van der Waals surface area contributed by atoms with Crippen LogP contribution in [0.2, 0.25) is 0 Å². The van der Waals surface area contributed by atoms with Gasteiger partial charge in [-0.15, -0.1) is 0 Å². The summed E-state index contributed by atoms with van der Waals surface area (Å²) in [5.74, 6) is -40.3. The van der Waals surface area contributed by atoms with Gasteiger partial charge in [0.1, 0.15) is 0 Å². The van der Waals surface area contributed by atoms with Gasteiger partial charge in [0.15, 0.2) is 0 Å². The number of aryl methyl sites for hydroxylation is 1. The zero-order valence-corrected chi connectivity index (χ0v) is 15.4. The van der Waals surface area contributed by atoms with Crippen LogP contribution in [0.1, 0.15) is 30.9 Å². The quantitative estimate of drug-likeness (QED) is 0.558. The normalized spacial score (nSPS) is 25.0. The first-order valence-corrected chi connectivity index (χ1v) is 8.22. The summed E-state index contributed by atoms with van der Waals surface area (Å²) in [6.07, 6.45) is 0. The highest BCUT2D eigenvalue weighted by molar-refractivity contribution is 6.01. The number of benzene rings is 1. The van der Waals surface area contributed by atoms with Gasteiger partial charge in [-0.3, -0.25) is 4.79 Å². The Morgan fingerprint density at radius 2 is 1.17 bits per heavy atom. The standard InChI is InChI=1S/C17H14F11NO/c1-7(2)9-6-4-5-8(3)10(9)29-11(30)12(18)13(19,20)15(23,24)17(27,28)16(25,26)14(12,21)22/h4-7H,1-3H3,(H,29,30). The van der Waals surface area contributed by atoms with Crippen molar-refractivity contribution in [3.05, 3.63) is 29.3 Å². The molecule has 13 heteroatoms. The summed E-state index contributed by atoms with van der Waals surface area (Å²) in [6, 6.07) is 3.77. The Morgan fingerprint density at radius 3 is 1.57 bits per heavy atom. The van der Waals surface area contributed by atoms with E-state index in [1.165, 1.54) is 44.3 Å². The molecule has 1 N–H and O–H groups in total. The van der Waals surface area contributed by atoms with E-state index in [4.69, 9.17) is 0 Å². The van der Waals surface area contributed by atoms with Crippen LogP contribution in [0.15, 0.2) is 18.2 Å². The van der Waals surface area contributed by atoms with Gasteiger partial charge in [0.25, 0.3) is 5.91 Å². The van der Waals surface area contributed by atoms with E-state index in [2.05, 4.69) is 0 Å². The van der Waals surface area contributed by atoms with Gasteiger partial charge < -0.3 is 5.32 Å². The zero-order chi connectivity index (χ0) is 23.7. The molecule has 0 atom stereocenters. The summed E-state index contributed by atoms with van der Waals surface area (Å²) >= 11 is 0. The highest BCUT2D eigenvalue weighted by Gasteiger charge is 3.02. The molecule has 1 fully saturated rings. The van der Waals surface area contributed by atoms with Crippen LogP contribution in [-0.2, 0) is 4.79 Å². The second-order valence-electron chi connectivity index (χ2n) is 7.18. The minimum Gasteiger partial charge on any atom is -0.322 e. The maximum Gasteiger partial charge on any atom is 0.384 e. The predicted molar refractivity (Wildman–Crippen MR) is 82.5 cm³/mol. The number of para-hydroxylation sites is 1. The first kappa shape index (κ1) is 24.2. The number of carbonyl (C=O) groups excluding carboxylic acids is 1. The average Bonchev–Trinajstić information content (AvgIpc) is 2.60. The highest BCUT2D eigenvalue weighted by atomic mass is 19.4. The molecule has 0 aliphatic heterocycles. The van der Waals surface area contributed by atoms with Gasteiger partial charge >= 0.3 is 35.3 Å². The average molecular weight is 457 g/mol. The number of carbonyl (C=O) groups is 1. The van der Waals surface area contributed by atoms with Crippen LogP contribution < -0.4 is 5.32 Å². The van der Waals surface area contributed by atoms with Crippen LogP contribution in [-0.4, -0.2) is 41.2 Å². The number of nitrogens with one attached hydrogen (secondary N) is 1. The molecule has 1 aliphatic rings. The minimum atomic E-state index is -7.37. The SMILES string of the molecule is Cc1cccc(C(C)C)c1NC(=O)C1(F)C(F)(F)C(F)(F)C(F)(F)C(F)(F)C1(F)F. The molecule has 0 unspecified atom stereocenters. The maximum atomic E-state index is 14.8. The van der Waals surface area contributed by atoms with Crippen molar-refractivity contribution in [1.29, 1.82) is 0 Å². The first-order chi connectivity index (χ1) is 13.2. The third-order valence-electron chi connectivity index (χ3n) is 4.92. The number of amides is 1. The number of anilines is 1. The Balaban J connectivity index is 2.74. The molecule has 0 spiro atoms. The Bertz CT molecular complexity index is 833. The predicted octanol–water partition coefficient (Wildman–Crippen LogP) is 5.96. The van der Waals surface area contributed by atoms with Crippen molar-refractivity contribution in [2.45, 2.75) is 62.0 Å². The monoisotopic (exact) mass is 457 g/mol. The molecule has 1 aromatic rings. The molecule has 0 heterocycles. The molecule has 1 aliphatic carbocycles. The van der Waals surface area contributed by atoms with Gasteiger partial charge in [-0.25, -0.2) is 4.39 Å². The van der Waals surface area contributed by atoms with Crippen molar-refractivity contribution in [3.8, 4) is 0 Å². The van der Waals surface area contributed by atoms with E-state index in [1.807, 2.05) is 0 Å². The van der Waals surface area contributed by atoms with Crippen molar-refractivity contribution in [2.75, 3.05) is 5.32 Å². The van der Waals surface area contributed by atoms with Crippen molar-refractivity contribution in [2.24, 2.45) is 0 Å². The third kappa shape index (κ3) is 2.52. The van der Waals surface area contributed by atoms with E-state index in [-0.39, 0.29) is 11.1 Å². The van der Waals surface area contributed by atoms with Crippen LogP contribution in [0.3, 0.4) is 0 Å². The highest BCUT2D eigenvalue weighted by Crippen LogP contribution is 2.69. The van der Waals surface area contributed by atoms with Gasteiger partial charge in [0.2, 0.25) is 0 Å². The summed E-state index contributed by atoms with van der Waals surface area (Å²) in [5.41, 5.74) is -7.33. The van der Waals surface area contributed by atoms with Gasteiger partial charge in [0, 0.05) is 5.69 Å². The molecular weight excluding hydrogens is 443 g/mol. The summed E-state index contributed by atoms with van der Waals surface area (Å²) in [7, 11) is 0. The van der Waals surface area contributed by atoms with Crippen molar-refractivity contribution >= 4 is 11.6 Å². The summed E-state index contributed by atoms with van der Waals surface area (Å²) < 4.78 is 152. The molecule has 30 heavy (non-hydrogen) atoms. The fourth-order valence-corrected chi connectivity index (χ4v) is 3.05. The maximum absolute atomic E-state index is 14.8. The Labute approximate surface area is 162 Å². The van der Waals surface area contributed by atoms with Gasteiger partial charge in [0.05, 0.1) is 0 Å². The second kappa shape index (κ2) is 6.46. The van der Waals surface area contributed by atoms with Crippen LogP contribution in [0.25, 0.3) is 0 Å². The Hall–Kier alpha value is -2.08. The lowest BCUT2D eigenvalue weighted by molar-refractivity contribution is -0.475. The lowest BCUT2D eigenvalue weighted by atomic mass is 9.71. The molecule has 2 rings (SSSR count). The lowest BCUT2D eigenvalue weighted by Crippen LogP contribution is -2.86. The molecule has 0 saturated heterocycles. The first-order valence-electron chi connectivity index (χ1n) is 8.22. The van der Waals surface area contributed by atoms with E-state index < -0.39 is 52.8 Å². The smallest absolute Gasteiger partial charge is 0.322 e. The molecule has 170 valence electrons.